The zero-order chi connectivity index (χ0) is 19.9. The number of thiophene rings is 1. The molecular formula is C20H22FN3O3S. The van der Waals surface area contributed by atoms with E-state index in [1.54, 1.807) is 4.90 Å². The Morgan fingerprint density at radius 3 is 2.57 bits per heavy atom. The third-order valence-electron chi connectivity index (χ3n) is 4.60. The van der Waals surface area contributed by atoms with Crippen molar-refractivity contribution in [1.82, 2.24) is 15.5 Å². The van der Waals surface area contributed by atoms with Gasteiger partial charge in [-0.25, -0.2) is 4.39 Å². The Balaban J connectivity index is 1.42. The monoisotopic (exact) mass is 403 g/mol. The van der Waals surface area contributed by atoms with Gasteiger partial charge in [0.05, 0.1) is 6.42 Å². The van der Waals surface area contributed by atoms with Gasteiger partial charge in [0.2, 0.25) is 11.8 Å². The maximum Gasteiger partial charge on any atom is 0.251 e. The quantitative estimate of drug-likeness (QED) is 0.694. The Morgan fingerprint density at radius 1 is 1.11 bits per heavy atom. The van der Waals surface area contributed by atoms with Crippen LogP contribution < -0.4 is 10.6 Å². The highest BCUT2D eigenvalue weighted by molar-refractivity contribution is 7.10. The van der Waals surface area contributed by atoms with Crippen LogP contribution in [-0.4, -0.2) is 48.3 Å². The van der Waals surface area contributed by atoms with Gasteiger partial charge in [-0.2, -0.15) is 0 Å². The van der Waals surface area contributed by atoms with Gasteiger partial charge in [-0.3, -0.25) is 14.4 Å². The lowest BCUT2D eigenvalue weighted by Gasteiger charge is -2.24. The first-order valence-electron chi connectivity index (χ1n) is 9.18. The van der Waals surface area contributed by atoms with E-state index in [1.807, 2.05) is 17.5 Å². The SMILES string of the molecule is O=C(NCCNC(=O)[C@@H]1CCCN1C(=O)Cc1cccs1)c1ccc(F)cc1. The van der Waals surface area contributed by atoms with Crippen molar-refractivity contribution >= 4 is 29.1 Å². The second-order valence-corrected chi connectivity index (χ2v) is 7.59. The molecule has 6 nitrogen and oxygen atoms in total. The van der Waals surface area contributed by atoms with Crippen molar-refractivity contribution in [1.29, 1.82) is 0 Å². The number of likely N-dealkylation sites (tertiary alicyclic amines) is 1. The van der Waals surface area contributed by atoms with Crippen LogP contribution >= 0.6 is 11.3 Å². The van der Waals surface area contributed by atoms with Crippen molar-refractivity contribution in [2.24, 2.45) is 0 Å². The standard InChI is InChI=1S/C20H22FN3O3S/c21-15-7-5-14(6-8-15)19(26)22-9-10-23-20(27)17-4-1-11-24(17)18(25)13-16-3-2-12-28-16/h2-3,5-8,12,17H,1,4,9-11,13H2,(H,22,26)(H,23,27)/t17-/m0/s1. The zero-order valence-corrected chi connectivity index (χ0v) is 16.1. The number of carbonyl (C=O) groups is 3. The molecule has 2 N–H and O–H groups in total. The van der Waals surface area contributed by atoms with Crippen molar-refractivity contribution in [3.63, 3.8) is 0 Å². The molecule has 0 unspecified atom stereocenters. The van der Waals surface area contributed by atoms with Gasteiger partial charge in [0.25, 0.3) is 5.91 Å². The highest BCUT2D eigenvalue weighted by Crippen LogP contribution is 2.20. The molecule has 28 heavy (non-hydrogen) atoms. The molecule has 1 aromatic heterocycles. The summed E-state index contributed by atoms with van der Waals surface area (Å²) in [6, 6.07) is 8.61. The van der Waals surface area contributed by atoms with Crippen LogP contribution in [0.4, 0.5) is 4.39 Å². The minimum absolute atomic E-state index is 0.0373. The lowest BCUT2D eigenvalue weighted by molar-refractivity contribution is -0.137. The summed E-state index contributed by atoms with van der Waals surface area (Å²) in [4.78, 5) is 39.5. The summed E-state index contributed by atoms with van der Waals surface area (Å²) in [6.07, 6.45) is 1.76. The van der Waals surface area contributed by atoms with Gasteiger partial charge in [-0.15, -0.1) is 11.3 Å². The van der Waals surface area contributed by atoms with E-state index < -0.39 is 11.9 Å². The smallest absolute Gasteiger partial charge is 0.251 e. The van der Waals surface area contributed by atoms with Gasteiger partial charge in [-0.05, 0) is 48.6 Å². The van der Waals surface area contributed by atoms with E-state index in [0.29, 0.717) is 24.9 Å². The Morgan fingerprint density at radius 2 is 1.86 bits per heavy atom. The fourth-order valence-electron chi connectivity index (χ4n) is 3.18. The molecule has 1 atom stereocenters. The molecule has 0 spiro atoms. The summed E-state index contributed by atoms with van der Waals surface area (Å²) in [5, 5.41) is 7.38. The zero-order valence-electron chi connectivity index (χ0n) is 15.3. The van der Waals surface area contributed by atoms with Crippen LogP contribution in [0.3, 0.4) is 0 Å². The number of carbonyl (C=O) groups excluding carboxylic acids is 3. The molecule has 8 heteroatoms. The van der Waals surface area contributed by atoms with Crippen LogP contribution in [0, 0.1) is 5.82 Å². The largest absolute Gasteiger partial charge is 0.353 e. The Kier molecular flexibility index (Phi) is 6.76. The molecule has 3 amide bonds. The van der Waals surface area contributed by atoms with Gasteiger partial charge in [0.1, 0.15) is 11.9 Å². The second kappa shape index (κ2) is 9.45. The van der Waals surface area contributed by atoms with Crippen LogP contribution in [0.25, 0.3) is 0 Å². The summed E-state index contributed by atoms with van der Waals surface area (Å²) in [5.41, 5.74) is 0.355. The molecule has 0 saturated carbocycles. The van der Waals surface area contributed by atoms with E-state index in [1.165, 1.54) is 35.6 Å². The summed E-state index contributed by atoms with van der Waals surface area (Å²) < 4.78 is 12.9. The average molecular weight is 403 g/mol. The van der Waals surface area contributed by atoms with Crippen LogP contribution in [0.1, 0.15) is 28.1 Å². The first-order valence-corrected chi connectivity index (χ1v) is 10.1. The number of hydrogen-bond donors (Lipinski definition) is 2. The molecule has 148 valence electrons. The summed E-state index contributed by atoms with van der Waals surface area (Å²) in [6.45, 7) is 1.09. The van der Waals surface area contributed by atoms with Crippen LogP contribution in [0.5, 0.6) is 0 Å². The fourth-order valence-corrected chi connectivity index (χ4v) is 3.88. The van der Waals surface area contributed by atoms with Crippen molar-refractivity contribution in [2.45, 2.75) is 25.3 Å². The molecule has 2 heterocycles. The number of rotatable bonds is 7. The minimum Gasteiger partial charge on any atom is -0.353 e. The van der Waals surface area contributed by atoms with Gasteiger partial charge in [0.15, 0.2) is 0 Å². The number of amides is 3. The van der Waals surface area contributed by atoms with E-state index in [-0.39, 0.29) is 30.8 Å². The molecule has 3 rings (SSSR count). The normalized spacial score (nSPS) is 16.0. The molecule has 1 aromatic carbocycles. The number of hydrogen-bond acceptors (Lipinski definition) is 4. The predicted molar refractivity (Wildman–Crippen MR) is 105 cm³/mol. The average Bonchev–Trinajstić information content (AvgIpc) is 3.37. The van der Waals surface area contributed by atoms with E-state index in [4.69, 9.17) is 0 Å². The molecule has 1 aliphatic rings. The van der Waals surface area contributed by atoms with Gasteiger partial charge in [0, 0.05) is 30.1 Å². The summed E-state index contributed by atoms with van der Waals surface area (Å²) in [5.74, 6) is -0.973. The Hall–Kier alpha value is -2.74. The topological polar surface area (TPSA) is 78.5 Å². The molecule has 2 aromatic rings. The summed E-state index contributed by atoms with van der Waals surface area (Å²) >= 11 is 1.53. The van der Waals surface area contributed by atoms with E-state index >= 15 is 0 Å². The highest BCUT2D eigenvalue weighted by atomic mass is 32.1. The number of nitrogens with one attached hydrogen (secondary N) is 2. The molecule has 1 aliphatic heterocycles. The van der Waals surface area contributed by atoms with Crippen molar-refractivity contribution < 1.29 is 18.8 Å². The fraction of sp³-hybridized carbons (Fsp3) is 0.350. The predicted octanol–water partition coefficient (Wildman–Crippen LogP) is 1.97. The van der Waals surface area contributed by atoms with E-state index in [9.17, 15) is 18.8 Å². The van der Waals surface area contributed by atoms with E-state index in [0.717, 1.165) is 11.3 Å². The molecule has 1 saturated heterocycles. The lowest BCUT2D eigenvalue weighted by Crippen LogP contribution is -2.47. The van der Waals surface area contributed by atoms with Crippen LogP contribution in [-0.2, 0) is 16.0 Å². The van der Waals surface area contributed by atoms with Crippen LogP contribution in [0.2, 0.25) is 0 Å². The first kappa shape index (κ1) is 20.0. The summed E-state index contributed by atoms with van der Waals surface area (Å²) in [7, 11) is 0. The molecule has 0 bridgehead atoms. The third kappa shape index (κ3) is 5.16. The lowest BCUT2D eigenvalue weighted by atomic mass is 10.2. The first-order chi connectivity index (χ1) is 13.5. The second-order valence-electron chi connectivity index (χ2n) is 6.56. The number of benzene rings is 1. The number of nitrogens with zero attached hydrogens (tertiary/aromatic N) is 1. The molecule has 1 fully saturated rings. The van der Waals surface area contributed by atoms with Gasteiger partial charge < -0.3 is 15.5 Å². The number of halogens is 1. The van der Waals surface area contributed by atoms with Crippen molar-refractivity contribution in [3.8, 4) is 0 Å². The van der Waals surface area contributed by atoms with Crippen molar-refractivity contribution in [2.75, 3.05) is 19.6 Å². The molecular weight excluding hydrogens is 381 g/mol. The maximum absolute atomic E-state index is 12.9. The Bertz CT molecular complexity index is 824. The third-order valence-corrected chi connectivity index (χ3v) is 5.47. The highest BCUT2D eigenvalue weighted by Gasteiger charge is 2.33. The molecule has 0 radical (unpaired) electrons. The molecule has 0 aliphatic carbocycles. The van der Waals surface area contributed by atoms with Gasteiger partial charge in [-0.1, -0.05) is 6.07 Å². The van der Waals surface area contributed by atoms with Gasteiger partial charge >= 0.3 is 0 Å². The van der Waals surface area contributed by atoms with Crippen LogP contribution in [0.15, 0.2) is 41.8 Å². The minimum atomic E-state index is -0.458. The van der Waals surface area contributed by atoms with E-state index in [2.05, 4.69) is 10.6 Å². The van der Waals surface area contributed by atoms with Crippen molar-refractivity contribution in [3.05, 3.63) is 58.0 Å². The Labute approximate surface area is 166 Å². The maximum atomic E-state index is 12.9.